The molecular weight excluding hydrogens is 278 g/mol. The van der Waals surface area contributed by atoms with E-state index in [0.717, 1.165) is 17.5 Å². The highest BCUT2D eigenvalue weighted by atomic mass is 32.2. The van der Waals surface area contributed by atoms with E-state index < -0.39 is 9.84 Å². The van der Waals surface area contributed by atoms with Gasteiger partial charge in [0.25, 0.3) is 0 Å². The fourth-order valence-corrected chi connectivity index (χ4v) is 3.00. The van der Waals surface area contributed by atoms with Gasteiger partial charge in [-0.15, -0.1) is 0 Å². The Morgan fingerprint density at radius 1 is 1.35 bits per heavy atom. The molecule has 0 fully saturated rings. The molecule has 5 nitrogen and oxygen atoms in total. The van der Waals surface area contributed by atoms with Crippen molar-refractivity contribution in [2.75, 3.05) is 12.4 Å². The Bertz CT molecular complexity index is 620. The Kier molecular flexibility index (Phi) is 4.32. The van der Waals surface area contributed by atoms with Crippen molar-refractivity contribution in [1.82, 2.24) is 0 Å². The van der Waals surface area contributed by atoms with Crippen LogP contribution in [0.3, 0.4) is 0 Å². The third kappa shape index (κ3) is 2.95. The Morgan fingerprint density at radius 3 is 2.75 bits per heavy atom. The lowest BCUT2D eigenvalue weighted by Gasteiger charge is -2.12. The van der Waals surface area contributed by atoms with Gasteiger partial charge in [0.05, 0.1) is 16.7 Å². The minimum absolute atomic E-state index is 0.00921. The summed E-state index contributed by atoms with van der Waals surface area (Å²) in [5.74, 6) is 0.690. The lowest BCUT2D eigenvalue weighted by atomic mass is 10.1. The predicted molar refractivity (Wildman–Crippen MR) is 77.5 cm³/mol. The highest BCUT2D eigenvalue weighted by Gasteiger charge is 2.22. The summed E-state index contributed by atoms with van der Waals surface area (Å²) < 4.78 is 29.1. The van der Waals surface area contributed by atoms with Crippen LogP contribution in [0.15, 0.2) is 23.4 Å². The smallest absolute Gasteiger partial charge is 0.155 e. The standard InChI is InChI=1S/C14H19NO4S/c1-10(2)20(17,18)9-8-19-14-5-3-4-11-12(14)6-7-13(11)15-16/h3-5,10,16H,6-9H2,1-2H3/b15-13+. The van der Waals surface area contributed by atoms with Crippen LogP contribution in [-0.4, -0.2) is 36.9 Å². The van der Waals surface area contributed by atoms with E-state index in [2.05, 4.69) is 5.16 Å². The molecule has 0 saturated heterocycles. The van der Waals surface area contributed by atoms with Crippen LogP contribution in [0.5, 0.6) is 5.75 Å². The zero-order valence-electron chi connectivity index (χ0n) is 11.7. The van der Waals surface area contributed by atoms with Gasteiger partial charge >= 0.3 is 0 Å². The summed E-state index contributed by atoms with van der Waals surface area (Å²) in [5, 5.41) is 11.8. The molecule has 110 valence electrons. The molecule has 0 saturated carbocycles. The first-order valence-corrected chi connectivity index (χ1v) is 8.35. The number of hydrogen-bond acceptors (Lipinski definition) is 5. The van der Waals surface area contributed by atoms with Crippen LogP contribution in [0, 0.1) is 0 Å². The third-order valence-corrected chi connectivity index (χ3v) is 5.69. The first-order valence-electron chi connectivity index (χ1n) is 6.63. The van der Waals surface area contributed by atoms with Crippen molar-refractivity contribution in [1.29, 1.82) is 0 Å². The second-order valence-electron chi connectivity index (χ2n) is 5.09. The van der Waals surface area contributed by atoms with Crippen molar-refractivity contribution in [3.63, 3.8) is 0 Å². The van der Waals surface area contributed by atoms with Crippen molar-refractivity contribution in [3.8, 4) is 5.75 Å². The normalized spacial score (nSPS) is 16.6. The summed E-state index contributed by atoms with van der Waals surface area (Å²) in [6, 6.07) is 5.53. The van der Waals surface area contributed by atoms with Crippen LogP contribution in [-0.2, 0) is 16.3 Å². The number of benzene rings is 1. The van der Waals surface area contributed by atoms with Crippen LogP contribution < -0.4 is 4.74 Å². The number of oxime groups is 1. The van der Waals surface area contributed by atoms with Crippen molar-refractivity contribution in [3.05, 3.63) is 29.3 Å². The highest BCUT2D eigenvalue weighted by molar-refractivity contribution is 7.91. The van der Waals surface area contributed by atoms with E-state index >= 15 is 0 Å². The quantitative estimate of drug-likeness (QED) is 0.666. The van der Waals surface area contributed by atoms with Crippen LogP contribution in [0.2, 0.25) is 0 Å². The first-order chi connectivity index (χ1) is 9.45. The van der Waals surface area contributed by atoms with Gasteiger partial charge in [0.15, 0.2) is 9.84 Å². The number of fused-ring (bicyclic) bond motifs is 1. The maximum absolute atomic E-state index is 11.7. The van der Waals surface area contributed by atoms with Crippen molar-refractivity contribution < 1.29 is 18.4 Å². The lowest BCUT2D eigenvalue weighted by Crippen LogP contribution is -2.22. The molecule has 0 bridgehead atoms. The van der Waals surface area contributed by atoms with Gasteiger partial charge in [0.2, 0.25) is 0 Å². The van der Waals surface area contributed by atoms with Crippen molar-refractivity contribution in [2.24, 2.45) is 5.16 Å². The fraction of sp³-hybridized carbons (Fsp3) is 0.500. The molecule has 0 radical (unpaired) electrons. The second-order valence-corrected chi connectivity index (χ2v) is 7.77. The number of sulfone groups is 1. The summed E-state index contributed by atoms with van der Waals surface area (Å²) in [5.41, 5.74) is 2.53. The van der Waals surface area contributed by atoms with Gasteiger partial charge in [-0.25, -0.2) is 8.42 Å². The zero-order chi connectivity index (χ0) is 14.8. The fourth-order valence-electron chi connectivity index (χ4n) is 2.21. The first kappa shape index (κ1) is 14.8. The van der Waals surface area contributed by atoms with E-state index in [9.17, 15) is 8.42 Å². The van der Waals surface area contributed by atoms with Gasteiger partial charge in [-0.1, -0.05) is 17.3 Å². The molecule has 2 rings (SSSR count). The van der Waals surface area contributed by atoms with Gasteiger partial charge in [-0.2, -0.15) is 0 Å². The maximum atomic E-state index is 11.7. The van der Waals surface area contributed by atoms with Crippen LogP contribution in [0.1, 0.15) is 31.4 Å². The molecule has 1 aromatic carbocycles. The SMILES string of the molecule is CC(C)S(=O)(=O)CCOc1cccc2c1CC/C2=N\O. The van der Waals surface area contributed by atoms with E-state index in [4.69, 9.17) is 9.94 Å². The molecule has 0 aliphatic heterocycles. The molecule has 0 unspecified atom stereocenters. The van der Waals surface area contributed by atoms with Gasteiger partial charge in [0, 0.05) is 11.1 Å². The monoisotopic (exact) mass is 297 g/mol. The number of rotatable bonds is 5. The van der Waals surface area contributed by atoms with Crippen LogP contribution >= 0.6 is 0 Å². The number of hydrogen-bond donors (Lipinski definition) is 1. The Hall–Kier alpha value is -1.56. The molecule has 1 aromatic rings. The molecule has 20 heavy (non-hydrogen) atoms. The summed E-state index contributed by atoms with van der Waals surface area (Å²) in [6.45, 7) is 3.47. The van der Waals surface area contributed by atoms with E-state index in [1.165, 1.54) is 0 Å². The van der Waals surface area contributed by atoms with Crippen molar-refractivity contribution in [2.45, 2.75) is 31.9 Å². The molecule has 0 heterocycles. The summed E-state index contributed by atoms with van der Waals surface area (Å²) in [4.78, 5) is 0. The number of ether oxygens (including phenoxy) is 1. The van der Waals surface area contributed by atoms with Gasteiger partial charge < -0.3 is 9.94 Å². The summed E-state index contributed by atoms with van der Waals surface area (Å²) >= 11 is 0. The molecule has 6 heteroatoms. The Morgan fingerprint density at radius 2 is 2.10 bits per heavy atom. The Balaban J connectivity index is 2.08. The van der Waals surface area contributed by atoms with Crippen LogP contribution in [0.4, 0.5) is 0 Å². The van der Waals surface area contributed by atoms with Crippen molar-refractivity contribution >= 4 is 15.5 Å². The molecule has 1 aliphatic rings. The number of nitrogens with zero attached hydrogens (tertiary/aromatic N) is 1. The largest absolute Gasteiger partial charge is 0.492 e. The molecule has 0 spiro atoms. The lowest BCUT2D eigenvalue weighted by molar-refractivity contribution is 0.318. The highest BCUT2D eigenvalue weighted by Crippen LogP contribution is 2.30. The second kappa shape index (κ2) is 5.83. The average molecular weight is 297 g/mol. The molecule has 1 N–H and O–H groups in total. The van der Waals surface area contributed by atoms with Gasteiger partial charge in [-0.05, 0) is 32.8 Å². The van der Waals surface area contributed by atoms with E-state index in [1.54, 1.807) is 13.8 Å². The Labute approximate surface area is 119 Å². The summed E-state index contributed by atoms with van der Waals surface area (Å²) in [6.07, 6.45) is 1.43. The summed E-state index contributed by atoms with van der Waals surface area (Å²) in [7, 11) is -3.09. The average Bonchev–Trinajstić information content (AvgIpc) is 2.82. The molecule has 0 atom stereocenters. The van der Waals surface area contributed by atoms with Gasteiger partial charge in [0.1, 0.15) is 12.4 Å². The minimum atomic E-state index is -3.09. The molecule has 0 amide bonds. The topological polar surface area (TPSA) is 76.0 Å². The molecule has 1 aliphatic carbocycles. The third-order valence-electron chi connectivity index (χ3n) is 3.52. The van der Waals surface area contributed by atoms with Gasteiger partial charge in [-0.3, -0.25) is 0 Å². The molecule has 0 aromatic heterocycles. The minimum Gasteiger partial charge on any atom is -0.492 e. The van der Waals surface area contributed by atoms with E-state index in [1.807, 2.05) is 18.2 Å². The van der Waals surface area contributed by atoms with E-state index in [-0.39, 0.29) is 17.6 Å². The zero-order valence-corrected chi connectivity index (χ0v) is 12.5. The van der Waals surface area contributed by atoms with E-state index in [0.29, 0.717) is 17.9 Å². The maximum Gasteiger partial charge on any atom is 0.155 e. The predicted octanol–water partition coefficient (Wildman–Crippen LogP) is 2.01. The van der Waals surface area contributed by atoms with Crippen LogP contribution in [0.25, 0.3) is 0 Å². The molecular formula is C14H19NO4S.